The fourth-order valence-electron chi connectivity index (χ4n) is 4.57. The van der Waals surface area contributed by atoms with Crippen LogP contribution in [0.15, 0.2) is 93.9 Å². The molecule has 0 saturated heterocycles. The molecule has 12 heteroatoms. The maximum Gasteiger partial charge on any atom is 0.338 e. The summed E-state index contributed by atoms with van der Waals surface area (Å²) in [4.78, 5) is 21.2. The van der Waals surface area contributed by atoms with Crippen molar-refractivity contribution < 1.29 is 32.5 Å². The van der Waals surface area contributed by atoms with Crippen LogP contribution in [0.25, 0.3) is 10.4 Å². The number of sulfone groups is 1. The van der Waals surface area contributed by atoms with E-state index in [-0.39, 0.29) is 30.4 Å². The number of methoxy groups -OCH3 is 1. The van der Waals surface area contributed by atoms with E-state index in [1.54, 1.807) is 66.7 Å². The number of azide groups is 1. The van der Waals surface area contributed by atoms with Gasteiger partial charge in [0.1, 0.15) is 5.75 Å². The van der Waals surface area contributed by atoms with Gasteiger partial charge in [0.2, 0.25) is 11.4 Å². The molecule has 0 saturated carbocycles. The van der Waals surface area contributed by atoms with E-state index in [1.807, 2.05) is 0 Å². The van der Waals surface area contributed by atoms with E-state index in [2.05, 4.69) is 10.0 Å². The van der Waals surface area contributed by atoms with Crippen molar-refractivity contribution in [3.63, 3.8) is 0 Å². The van der Waals surface area contributed by atoms with Crippen LogP contribution < -0.4 is 4.74 Å². The van der Waals surface area contributed by atoms with Crippen molar-refractivity contribution in [1.29, 1.82) is 0 Å². The second-order valence-corrected chi connectivity index (χ2v) is 11.4. The normalized spacial score (nSPS) is 18.1. The van der Waals surface area contributed by atoms with Gasteiger partial charge in [0, 0.05) is 29.9 Å². The molecule has 1 aliphatic heterocycles. The number of carbonyl (C=O) groups excluding carboxylic acids is 1. The number of aliphatic hydroxyl groups excluding tert-OH is 1. The number of rotatable bonds is 13. The Morgan fingerprint density at radius 1 is 1.10 bits per heavy atom. The molecule has 3 aromatic rings. The van der Waals surface area contributed by atoms with Crippen molar-refractivity contribution in [3.05, 3.63) is 106 Å². The Morgan fingerprint density at radius 2 is 1.80 bits per heavy atom. The molecule has 0 amide bonds. The molecule has 1 heterocycles. The summed E-state index contributed by atoms with van der Waals surface area (Å²) in [5.74, 6) is -0.467. The number of aliphatic imine (C=N–C) groups is 1. The SMILES string of the molecule is COC(=O)[C@@]1(CCS(=O)(=O)c2ccccc2)N=C(c2ccc(OCCCO)cc2)O[C@H]1c1ccccc1CN=[N+]=[N-]. The van der Waals surface area contributed by atoms with Gasteiger partial charge in [0.15, 0.2) is 15.9 Å². The zero-order chi connectivity index (χ0) is 29.3. The molecule has 0 aliphatic carbocycles. The summed E-state index contributed by atoms with van der Waals surface area (Å²) in [6.07, 6.45) is -0.813. The van der Waals surface area contributed by atoms with Crippen LogP contribution in [0.3, 0.4) is 0 Å². The second-order valence-electron chi connectivity index (χ2n) is 9.25. The molecule has 0 bridgehead atoms. The third kappa shape index (κ3) is 6.68. The Bertz CT molecular complexity index is 1540. The highest BCUT2D eigenvalue weighted by Gasteiger charge is 2.55. The molecule has 0 unspecified atom stereocenters. The Balaban J connectivity index is 1.78. The van der Waals surface area contributed by atoms with E-state index in [4.69, 9.17) is 29.8 Å². The highest BCUT2D eigenvalue weighted by molar-refractivity contribution is 7.91. The number of esters is 1. The van der Waals surface area contributed by atoms with Crippen molar-refractivity contribution in [1.82, 2.24) is 0 Å². The van der Waals surface area contributed by atoms with E-state index >= 15 is 0 Å². The van der Waals surface area contributed by atoms with Crippen LogP contribution in [-0.2, 0) is 30.7 Å². The third-order valence-corrected chi connectivity index (χ3v) is 8.40. The second kappa shape index (κ2) is 13.3. The lowest BCUT2D eigenvalue weighted by molar-refractivity contribution is -0.150. The van der Waals surface area contributed by atoms with E-state index in [0.717, 1.165) is 0 Å². The first-order chi connectivity index (χ1) is 19.8. The quantitative estimate of drug-likeness (QED) is 0.102. The lowest BCUT2D eigenvalue weighted by atomic mass is 9.84. The van der Waals surface area contributed by atoms with Gasteiger partial charge < -0.3 is 19.3 Å². The molecule has 41 heavy (non-hydrogen) atoms. The lowest BCUT2D eigenvalue weighted by Crippen LogP contribution is -2.43. The highest BCUT2D eigenvalue weighted by atomic mass is 32.2. The first kappa shape index (κ1) is 29.6. The van der Waals surface area contributed by atoms with Crippen LogP contribution in [0.4, 0.5) is 0 Å². The minimum atomic E-state index is -3.79. The van der Waals surface area contributed by atoms with E-state index < -0.39 is 33.2 Å². The highest BCUT2D eigenvalue weighted by Crippen LogP contribution is 2.44. The average Bonchev–Trinajstić information content (AvgIpc) is 3.40. The van der Waals surface area contributed by atoms with E-state index in [0.29, 0.717) is 35.5 Å². The van der Waals surface area contributed by atoms with Crippen LogP contribution >= 0.6 is 0 Å². The minimum Gasteiger partial charge on any atom is -0.494 e. The van der Waals surface area contributed by atoms with Crippen LogP contribution in [-0.4, -0.2) is 57.0 Å². The maximum absolute atomic E-state index is 13.5. The van der Waals surface area contributed by atoms with Crippen LogP contribution in [0, 0.1) is 0 Å². The molecule has 0 radical (unpaired) electrons. The summed E-state index contributed by atoms with van der Waals surface area (Å²) in [7, 11) is -2.58. The van der Waals surface area contributed by atoms with Gasteiger partial charge >= 0.3 is 5.97 Å². The van der Waals surface area contributed by atoms with Crippen molar-refractivity contribution >= 4 is 21.7 Å². The topological polar surface area (TPSA) is 160 Å². The van der Waals surface area contributed by atoms with Gasteiger partial charge in [-0.05, 0) is 53.1 Å². The number of ether oxygens (including phenoxy) is 3. The Hall–Kier alpha value is -4.38. The monoisotopic (exact) mass is 578 g/mol. The third-order valence-electron chi connectivity index (χ3n) is 6.67. The lowest BCUT2D eigenvalue weighted by Gasteiger charge is -2.30. The summed E-state index contributed by atoms with van der Waals surface area (Å²) in [5.41, 5.74) is 8.81. The molecule has 1 aliphatic rings. The maximum atomic E-state index is 13.5. The zero-order valence-electron chi connectivity index (χ0n) is 22.4. The molecule has 0 fully saturated rings. The van der Waals surface area contributed by atoms with Crippen LogP contribution in [0.1, 0.15) is 35.6 Å². The van der Waals surface area contributed by atoms with E-state index in [9.17, 15) is 13.2 Å². The van der Waals surface area contributed by atoms with Crippen LogP contribution in [0.5, 0.6) is 5.75 Å². The van der Waals surface area contributed by atoms with Crippen molar-refractivity contribution in [2.45, 2.75) is 35.9 Å². The summed E-state index contributed by atoms with van der Waals surface area (Å²) in [6.45, 7) is 0.348. The van der Waals surface area contributed by atoms with Gasteiger partial charge in [-0.15, -0.1) is 0 Å². The number of carbonyl (C=O) groups is 1. The predicted molar refractivity (Wildman–Crippen MR) is 151 cm³/mol. The number of nitrogens with zero attached hydrogens (tertiary/aromatic N) is 4. The summed E-state index contributed by atoms with van der Waals surface area (Å²) in [6, 6.07) is 21.8. The zero-order valence-corrected chi connectivity index (χ0v) is 23.2. The van der Waals surface area contributed by atoms with Gasteiger partial charge in [-0.25, -0.2) is 18.2 Å². The average molecular weight is 579 g/mol. The molecule has 3 aromatic carbocycles. The van der Waals surface area contributed by atoms with Crippen LogP contribution in [0.2, 0.25) is 0 Å². The molecule has 0 aromatic heterocycles. The standard InChI is InChI=1S/C29H30N4O7S/c1-38-28(35)29(16-19-41(36,37)24-9-3-2-4-10-24)26(25-11-6-5-8-22(25)20-31-33-30)40-27(32-29)21-12-14-23(15-13-21)39-18-7-17-34/h2-6,8-15,26,34H,7,16-20H2,1H3/t26-,29-/m0/s1. The molecule has 11 nitrogen and oxygen atoms in total. The summed E-state index contributed by atoms with van der Waals surface area (Å²) >= 11 is 0. The predicted octanol–water partition coefficient (Wildman–Crippen LogP) is 4.55. The minimum absolute atomic E-state index is 0.0126. The molecule has 214 valence electrons. The number of hydrogen-bond donors (Lipinski definition) is 1. The van der Waals surface area contributed by atoms with Crippen molar-refractivity contribution in [3.8, 4) is 5.75 Å². The molecule has 4 rings (SSSR count). The Morgan fingerprint density at radius 3 is 2.49 bits per heavy atom. The van der Waals surface area contributed by atoms with Crippen molar-refractivity contribution in [2.75, 3.05) is 26.1 Å². The van der Waals surface area contributed by atoms with Crippen molar-refractivity contribution in [2.24, 2.45) is 10.1 Å². The molecule has 2 atom stereocenters. The van der Waals surface area contributed by atoms with E-state index in [1.165, 1.54) is 19.2 Å². The van der Waals surface area contributed by atoms with Gasteiger partial charge in [0.05, 0.1) is 30.9 Å². The molecule has 0 spiro atoms. The summed E-state index contributed by atoms with van der Waals surface area (Å²) in [5, 5.41) is 12.7. The molecular formula is C29H30N4O7S. The number of aliphatic hydroxyl groups is 1. The fourth-order valence-corrected chi connectivity index (χ4v) is 5.96. The first-order valence-corrected chi connectivity index (χ1v) is 14.6. The largest absolute Gasteiger partial charge is 0.494 e. The Labute approximate surface area is 238 Å². The molecule has 1 N–H and O–H groups in total. The first-order valence-electron chi connectivity index (χ1n) is 12.9. The number of hydrogen-bond acceptors (Lipinski definition) is 9. The number of benzene rings is 3. The van der Waals surface area contributed by atoms with Gasteiger partial charge in [-0.3, -0.25) is 0 Å². The fraction of sp³-hybridized carbons (Fsp3) is 0.310. The Kier molecular flexibility index (Phi) is 9.61. The smallest absolute Gasteiger partial charge is 0.338 e. The van der Waals surface area contributed by atoms with Gasteiger partial charge in [-0.1, -0.05) is 47.6 Å². The van der Waals surface area contributed by atoms with Gasteiger partial charge in [0.25, 0.3) is 0 Å². The summed E-state index contributed by atoms with van der Waals surface area (Å²) < 4.78 is 43.7. The van der Waals surface area contributed by atoms with Gasteiger partial charge in [-0.2, -0.15) is 0 Å². The molecular weight excluding hydrogens is 548 g/mol.